The summed E-state index contributed by atoms with van der Waals surface area (Å²) in [5.74, 6) is 1.09. The van der Waals surface area contributed by atoms with Crippen molar-refractivity contribution >= 4 is 5.82 Å². The van der Waals surface area contributed by atoms with Gasteiger partial charge >= 0.3 is 0 Å². The van der Waals surface area contributed by atoms with Gasteiger partial charge in [-0.3, -0.25) is 0 Å². The molecule has 1 aliphatic rings. The Balaban J connectivity index is 1.90. The molecule has 0 aliphatic carbocycles. The Morgan fingerprint density at radius 1 is 1.61 bits per heavy atom. The Kier molecular flexibility index (Phi) is 4.30. The number of nitrogens with one attached hydrogen (secondary N) is 1. The number of pyridine rings is 1. The Bertz CT molecular complexity index is 389. The van der Waals surface area contributed by atoms with Crippen LogP contribution >= 0.6 is 0 Å². The number of anilines is 1. The van der Waals surface area contributed by atoms with Gasteiger partial charge in [-0.2, -0.15) is 0 Å². The molecule has 2 atom stereocenters. The zero-order chi connectivity index (χ0) is 13.0. The van der Waals surface area contributed by atoms with Crippen LogP contribution in [0, 0.1) is 0 Å². The van der Waals surface area contributed by atoms with Gasteiger partial charge in [0.2, 0.25) is 0 Å². The molecular formula is C12H18F2N3O+. The van der Waals surface area contributed by atoms with E-state index < -0.39 is 13.0 Å². The van der Waals surface area contributed by atoms with E-state index in [-0.39, 0.29) is 0 Å². The SMILES string of the molecule is C[C@@H]1C[C@@H](Nc2cc(OCC(F)F)ccn2)C[NH2+]1. The average Bonchev–Trinajstić information content (AvgIpc) is 2.73. The number of nitrogens with two attached hydrogens (primary N) is 1. The van der Waals surface area contributed by atoms with E-state index in [4.69, 9.17) is 4.74 Å². The molecule has 0 spiro atoms. The maximum Gasteiger partial charge on any atom is 0.272 e. The number of hydrogen-bond donors (Lipinski definition) is 2. The number of halogens is 2. The lowest BCUT2D eigenvalue weighted by Gasteiger charge is -2.11. The molecule has 0 radical (unpaired) electrons. The molecule has 18 heavy (non-hydrogen) atoms. The smallest absolute Gasteiger partial charge is 0.272 e. The van der Waals surface area contributed by atoms with Crippen LogP contribution in [0.25, 0.3) is 0 Å². The fraction of sp³-hybridized carbons (Fsp3) is 0.583. The van der Waals surface area contributed by atoms with Crippen LogP contribution in [-0.4, -0.2) is 36.6 Å². The molecule has 3 N–H and O–H groups in total. The summed E-state index contributed by atoms with van der Waals surface area (Å²) in [5.41, 5.74) is 0. The van der Waals surface area contributed by atoms with Gasteiger partial charge in [0.05, 0.1) is 18.6 Å². The molecule has 6 heteroatoms. The summed E-state index contributed by atoms with van der Waals surface area (Å²) < 4.78 is 29.0. The topological polar surface area (TPSA) is 50.8 Å². The highest BCUT2D eigenvalue weighted by atomic mass is 19.3. The van der Waals surface area contributed by atoms with E-state index in [9.17, 15) is 8.78 Å². The second-order valence-corrected chi connectivity index (χ2v) is 4.60. The molecule has 0 aromatic carbocycles. The highest BCUT2D eigenvalue weighted by Gasteiger charge is 2.24. The summed E-state index contributed by atoms with van der Waals surface area (Å²) in [7, 11) is 0. The van der Waals surface area contributed by atoms with Crippen molar-refractivity contribution in [1.29, 1.82) is 0 Å². The number of hydrogen-bond acceptors (Lipinski definition) is 3. The van der Waals surface area contributed by atoms with Gasteiger partial charge in [0, 0.05) is 18.7 Å². The van der Waals surface area contributed by atoms with E-state index in [2.05, 4.69) is 22.5 Å². The van der Waals surface area contributed by atoms with Crippen molar-refractivity contribution in [3.63, 3.8) is 0 Å². The van der Waals surface area contributed by atoms with Crippen LogP contribution in [0.5, 0.6) is 5.75 Å². The summed E-state index contributed by atoms with van der Waals surface area (Å²) in [6.07, 6.45) is 0.175. The fourth-order valence-corrected chi connectivity index (χ4v) is 2.10. The fourth-order valence-electron chi connectivity index (χ4n) is 2.10. The maximum absolute atomic E-state index is 12.0. The zero-order valence-corrected chi connectivity index (χ0v) is 10.3. The van der Waals surface area contributed by atoms with Crippen molar-refractivity contribution in [3.05, 3.63) is 18.3 Å². The molecule has 0 unspecified atom stereocenters. The van der Waals surface area contributed by atoms with Gasteiger partial charge in [-0.05, 0) is 13.0 Å². The van der Waals surface area contributed by atoms with Crippen LogP contribution in [0.2, 0.25) is 0 Å². The first-order valence-corrected chi connectivity index (χ1v) is 6.10. The number of nitrogens with zero attached hydrogens (tertiary/aromatic N) is 1. The van der Waals surface area contributed by atoms with E-state index in [1.165, 1.54) is 0 Å². The molecule has 1 aromatic heterocycles. The summed E-state index contributed by atoms with van der Waals surface area (Å²) in [6.45, 7) is 2.60. The Hall–Kier alpha value is -1.43. The van der Waals surface area contributed by atoms with Crippen molar-refractivity contribution in [1.82, 2.24) is 4.98 Å². The molecule has 0 bridgehead atoms. The average molecular weight is 258 g/mol. The van der Waals surface area contributed by atoms with Gasteiger partial charge < -0.3 is 15.4 Å². The molecule has 1 aromatic rings. The van der Waals surface area contributed by atoms with Crippen molar-refractivity contribution in [2.24, 2.45) is 0 Å². The van der Waals surface area contributed by atoms with Crippen LogP contribution in [0.4, 0.5) is 14.6 Å². The van der Waals surface area contributed by atoms with Crippen molar-refractivity contribution < 1.29 is 18.8 Å². The van der Waals surface area contributed by atoms with Crippen molar-refractivity contribution in [3.8, 4) is 5.75 Å². The monoisotopic (exact) mass is 258 g/mol. The van der Waals surface area contributed by atoms with Crippen molar-refractivity contribution in [2.45, 2.75) is 31.9 Å². The number of aromatic nitrogens is 1. The highest BCUT2D eigenvalue weighted by Crippen LogP contribution is 2.17. The minimum Gasteiger partial charge on any atom is -0.487 e. The van der Waals surface area contributed by atoms with Gasteiger partial charge in [-0.15, -0.1) is 0 Å². The lowest BCUT2D eigenvalue weighted by molar-refractivity contribution is -0.666. The number of rotatable bonds is 5. The predicted molar refractivity (Wildman–Crippen MR) is 64.0 cm³/mol. The molecule has 1 fully saturated rings. The molecule has 2 rings (SSSR count). The minimum absolute atomic E-state index is 0.373. The second kappa shape index (κ2) is 5.95. The van der Waals surface area contributed by atoms with Crippen LogP contribution in [-0.2, 0) is 0 Å². The van der Waals surface area contributed by atoms with Gasteiger partial charge in [0.1, 0.15) is 18.2 Å². The Morgan fingerprint density at radius 3 is 3.11 bits per heavy atom. The highest BCUT2D eigenvalue weighted by molar-refractivity contribution is 5.41. The number of ether oxygens (including phenoxy) is 1. The Labute approximate surface area is 105 Å². The van der Waals surface area contributed by atoms with Gasteiger partial charge in [-0.25, -0.2) is 13.8 Å². The third-order valence-corrected chi connectivity index (χ3v) is 2.94. The van der Waals surface area contributed by atoms with E-state index in [1.807, 2.05) is 0 Å². The first-order valence-electron chi connectivity index (χ1n) is 6.10. The molecular weight excluding hydrogens is 240 g/mol. The molecule has 4 nitrogen and oxygen atoms in total. The number of quaternary nitrogens is 1. The molecule has 0 saturated carbocycles. The van der Waals surface area contributed by atoms with E-state index in [0.29, 0.717) is 23.7 Å². The normalized spacial score (nSPS) is 23.3. The molecule has 0 amide bonds. The molecule has 1 aliphatic heterocycles. The van der Waals surface area contributed by atoms with Crippen LogP contribution in [0.3, 0.4) is 0 Å². The zero-order valence-electron chi connectivity index (χ0n) is 10.3. The van der Waals surface area contributed by atoms with Crippen molar-refractivity contribution in [2.75, 3.05) is 18.5 Å². The van der Waals surface area contributed by atoms with Gasteiger partial charge in [0.15, 0.2) is 0 Å². The summed E-state index contributed by atoms with van der Waals surface area (Å²) >= 11 is 0. The third-order valence-electron chi connectivity index (χ3n) is 2.94. The summed E-state index contributed by atoms with van der Waals surface area (Å²) in [6, 6.07) is 4.22. The summed E-state index contributed by atoms with van der Waals surface area (Å²) in [5, 5.41) is 5.56. The first-order chi connectivity index (χ1) is 8.63. The van der Waals surface area contributed by atoms with Gasteiger partial charge in [-0.1, -0.05) is 0 Å². The minimum atomic E-state index is -2.46. The first kappa shape index (κ1) is 13.0. The standard InChI is InChI=1S/C12H17F2N3O/c1-8-4-9(6-16-8)17-12-5-10(2-3-15-12)18-7-11(13)14/h2-3,5,8-9,11,16H,4,6-7H2,1H3,(H,15,17)/p+1/t8-,9-/m1/s1. The second-order valence-electron chi connectivity index (χ2n) is 4.60. The van der Waals surface area contributed by atoms with Gasteiger partial charge in [0.25, 0.3) is 6.43 Å². The lowest BCUT2D eigenvalue weighted by Crippen LogP contribution is -2.86. The van der Waals surface area contributed by atoms with Crippen LogP contribution in [0.15, 0.2) is 18.3 Å². The van der Waals surface area contributed by atoms with E-state index in [1.54, 1.807) is 18.3 Å². The maximum atomic E-state index is 12.0. The Morgan fingerprint density at radius 2 is 2.44 bits per heavy atom. The molecule has 100 valence electrons. The predicted octanol–water partition coefficient (Wildman–Crippen LogP) is 0.862. The third kappa shape index (κ3) is 3.80. The quantitative estimate of drug-likeness (QED) is 0.823. The lowest BCUT2D eigenvalue weighted by atomic mass is 10.2. The largest absolute Gasteiger partial charge is 0.487 e. The van der Waals surface area contributed by atoms with E-state index >= 15 is 0 Å². The van der Waals surface area contributed by atoms with E-state index in [0.717, 1.165) is 13.0 Å². The molecule has 2 heterocycles. The number of alkyl halides is 2. The molecule has 1 saturated heterocycles. The summed E-state index contributed by atoms with van der Waals surface area (Å²) in [4.78, 5) is 4.16. The van der Waals surface area contributed by atoms with Crippen LogP contribution < -0.4 is 15.4 Å². The van der Waals surface area contributed by atoms with Crippen LogP contribution in [0.1, 0.15) is 13.3 Å².